The predicted octanol–water partition coefficient (Wildman–Crippen LogP) is 1.01. The van der Waals surface area contributed by atoms with Crippen LogP contribution in [-0.2, 0) is 4.79 Å². The number of carbonyl (C=O) groups is 1. The van der Waals surface area contributed by atoms with E-state index in [2.05, 4.69) is 0 Å². The van der Waals surface area contributed by atoms with Gasteiger partial charge in [-0.25, -0.2) is 0 Å². The average Bonchev–Trinajstić information content (AvgIpc) is 2.21. The lowest BCUT2D eigenvalue weighted by Gasteiger charge is -2.43. The van der Waals surface area contributed by atoms with Crippen LogP contribution in [0.1, 0.15) is 39.5 Å². The molecule has 1 atom stereocenters. The Morgan fingerprint density at radius 2 is 2.00 bits per heavy atom. The van der Waals surface area contributed by atoms with E-state index in [1.54, 1.807) is 11.9 Å². The summed E-state index contributed by atoms with van der Waals surface area (Å²) in [5.74, 6) is 0.0799. The van der Waals surface area contributed by atoms with Gasteiger partial charge in [-0.3, -0.25) is 4.79 Å². The minimum atomic E-state index is -0.907. The van der Waals surface area contributed by atoms with Crippen LogP contribution < -0.4 is 0 Å². The van der Waals surface area contributed by atoms with Gasteiger partial charge in [0.2, 0.25) is 0 Å². The number of likely N-dealkylation sites (N-methyl/N-ethyl adjacent to an activating group) is 1. The molecule has 100 valence electrons. The monoisotopic (exact) mass is 243 g/mol. The van der Waals surface area contributed by atoms with Crippen LogP contribution in [0.2, 0.25) is 0 Å². The Hall–Kier alpha value is -0.610. The molecule has 4 nitrogen and oxygen atoms in total. The Balaban J connectivity index is 2.46. The summed E-state index contributed by atoms with van der Waals surface area (Å²) in [4.78, 5) is 13.5. The molecule has 1 aliphatic rings. The first-order chi connectivity index (χ1) is 7.90. The van der Waals surface area contributed by atoms with Crippen LogP contribution >= 0.6 is 0 Å². The zero-order valence-electron chi connectivity index (χ0n) is 11.1. The normalized spacial score (nSPS) is 19.9. The molecular formula is C13H25NO3. The molecule has 0 heterocycles. The number of hydrogen-bond donors (Lipinski definition) is 2. The van der Waals surface area contributed by atoms with Gasteiger partial charge in [0.15, 0.2) is 0 Å². The van der Waals surface area contributed by atoms with Crippen molar-refractivity contribution < 1.29 is 15.0 Å². The molecule has 0 bridgehead atoms. The van der Waals surface area contributed by atoms with Gasteiger partial charge in [-0.15, -0.1) is 0 Å². The molecule has 1 fully saturated rings. The quantitative estimate of drug-likeness (QED) is 0.732. The molecule has 1 unspecified atom stereocenters. The molecule has 1 amide bonds. The Morgan fingerprint density at radius 3 is 2.35 bits per heavy atom. The summed E-state index contributed by atoms with van der Waals surface area (Å²) in [6, 6.07) is 0. The van der Waals surface area contributed by atoms with Gasteiger partial charge in [0.1, 0.15) is 6.10 Å². The van der Waals surface area contributed by atoms with E-state index in [0.29, 0.717) is 18.9 Å². The fourth-order valence-electron chi connectivity index (χ4n) is 2.43. The number of nitrogens with zero attached hydrogens (tertiary/aromatic N) is 1. The first kappa shape index (κ1) is 14.5. The van der Waals surface area contributed by atoms with E-state index in [4.69, 9.17) is 0 Å². The number of rotatable bonds is 6. The lowest BCUT2D eigenvalue weighted by atomic mass is 9.69. The zero-order chi connectivity index (χ0) is 13.1. The van der Waals surface area contributed by atoms with Crippen molar-refractivity contribution in [3.8, 4) is 0 Å². The highest BCUT2D eigenvalue weighted by Crippen LogP contribution is 2.40. The highest BCUT2D eigenvalue weighted by atomic mass is 16.3. The van der Waals surface area contributed by atoms with Crippen molar-refractivity contribution in [1.82, 2.24) is 4.90 Å². The summed E-state index contributed by atoms with van der Waals surface area (Å²) >= 11 is 0. The third kappa shape index (κ3) is 3.68. The van der Waals surface area contributed by atoms with Gasteiger partial charge >= 0.3 is 0 Å². The van der Waals surface area contributed by atoms with Crippen LogP contribution in [0.4, 0.5) is 0 Å². The second-order valence-electron chi connectivity index (χ2n) is 5.85. The Morgan fingerprint density at radius 1 is 1.41 bits per heavy atom. The molecular weight excluding hydrogens is 218 g/mol. The van der Waals surface area contributed by atoms with Crippen molar-refractivity contribution in [3.05, 3.63) is 0 Å². The lowest BCUT2D eigenvalue weighted by molar-refractivity contribution is -0.142. The van der Waals surface area contributed by atoms with E-state index >= 15 is 0 Å². The fourth-order valence-corrected chi connectivity index (χ4v) is 2.43. The summed E-state index contributed by atoms with van der Waals surface area (Å²) in [5, 5.41) is 19.1. The molecule has 0 aromatic heterocycles. The topological polar surface area (TPSA) is 60.8 Å². The van der Waals surface area contributed by atoms with Gasteiger partial charge in [-0.1, -0.05) is 20.3 Å². The van der Waals surface area contributed by atoms with Crippen molar-refractivity contribution in [3.63, 3.8) is 0 Å². The van der Waals surface area contributed by atoms with E-state index < -0.39 is 6.10 Å². The van der Waals surface area contributed by atoms with Gasteiger partial charge in [-0.2, -0.15) is 0 Å². The largest absolute Gasteiger partial charge is 0.396 e. The van der Waals surface area contributed by atoms with Crippen molar-refractivity contribution in [2.75, 3.05) is 20.2 Å². The molecule has 0 saturated heterocycles. The molecule has 17 heavy (non-hydrogen) atoms. The van der Waals surface area contributed by atoms with Crippen LogP contribution in [0, 0.1) is 11.3 Å². The number of carbonyl (C=O) groups excluding carboxylic acids is 1. The van der Waals surface area contributed by atoms with E-state index in [9.17, 15) is 15.0 Å². The summed E-state index contributed by atoms with van der Waals surface area (Å²) < 4.78 is 0. The third-order valence-corrected chi connectivity index (χ3v) is 3.68. The standard InChI is InChI=1S/C13H25NO3/c1-10(2)7-11(16)12(17)14(3)8-13(9-15)5-4-6-13/h10-11,15-16H,4-9H2,1-3H3. The number of aliphatic hydroxyl groups is 2. The van der Waals surface area contributed by atoms with E-state index in [-0.39, 0.29) is 17.9 Å². The smallest absolute Gasteiger partial charge is 0.251 e. The molecule has 0 spiro atoms. The van der Waals surface area contributed by atoms with Crippen molar-refractivity contribution >= 4 is 5.91 Å². The summed E-state index contributed by atoms with van der Waals surface area (Å²) in [6.45, 7) is 4.65. The molecule has 2 N–H and O–H groups in total. The minimum absolute atomic E-state index is 0.109. The predicted molar refractivity (Wildman–Crippen MR) is 66.5 cm³/mol. The molecule has 1 rings (SSSR count). The van der Waals surface area contributed by atoms with E-state index in [1.807, 2.05) is 13.8 Å². The van der Waals surface area contributed by atoms with Crippen LogP contribution in [0.25, 0.3) is 0 Å². The second-order valence-corrected chi connectivity index (χ2v) is 5.85. The van der Waals surface area contributed by atoms with Gasteiger partial charge in [0, 0.05) is 19.0 Å². The molecule has 4 heteroatoms. The summed E-state index contributed by atoms with van der Waals surface area (Å²) in [5.41, 5.74) is -0.109. The number of aliphatic hydroxyl groups excluding tert-OH is 2. The van der Waals surface area contributed by atoms with Crippen molar-refractivity contribution in [1.29, 1.82) is 0 Å². The van der Waals surface area contributed by atoms with Crippen molar-refractivity contribution in [2.24, 2.45) is 11.3 Å². The summed E-state index contributed by atoms with van der Waals surface area (Å²) in [7, 11) is 1.71. The molecule has 0 radical (unpaired) electrons. The number of amides is 1. The summed E-state index contributed by atoms with van der Waals surface area (Å²) in [6.07, 6.45) is 2.66. The highest BCUT2D eigenvalue weighted by molar-refractivity contribution is 5.80. The molecule has 1 aliphatic carbocycles. The molecule has 1 saturated carbocycles. The van der Waals surface area contributed by atoms with Crippen molar-refractivity contribution in [2.45, 2.75) is 45.6 Å². The highest BCUT2D eigenvalue weighted by Gasteiger charge is 2.38. The molecule has 0 aromatic rings. The Kier molecular flexibility index (Phi) is 4.95. The van der Waals surface area contributed by atoms with Crippen LogP contribution in [0.5, 0.6) is 0 Å². The fraction of sp³-hybridized carbons (Fsp3) is 0.923. The first-order valence-corrected chi connectivity index (χ1v) is 6.44. The van der Waals surface area contributed by atoms with Gasteiger partial charge in [0.05, 0.1) is 6.61 Å². The Labute approximate surface area is 104 Å². The average molecular weight is 243 g/mol. The van der Waals surface area contributed by atoms with Crippen LogP contribution in [0.3, 0.4) is 0 Å². The SMILES string of the molecule is CC(C)CC(O)C(=O)N(C)CC1(CO)CCC1. The second kappa shape index (κ2) is 5.83. The van der Waals surface area contributed by atoms with Gasteiger partial charge in [0.25, 0.3) is 5.91 Å². The van der Waals surface area contributed by atoms with E-state index in [1.165, 1.54) is 0 Å². The lowest BCUT2D eigenvalue weighted by Crippen LogP contribution is -2.48. The first-order valence-electron chi connectivity index (χ1n) is 6.44. The maximum atomic E-state index is 11.9. The van der Waals surface area contributed by atoms with Gasteiger partial charge in [-0.05, 0) is 25.2 Å². The molecule has 0 aromatic carbocycles. The number of hydrogen-bond acceptors (Lipinski definition) is 3. The zero-order valence-corrected chi connectivity index (χ0v) is 11.1. The van der Waals surface area contributed by atoms with E-state index in [0.717, 1.165) is 19.3 Å². The minimum Gasteiger partial charge on any atom is -0.396 e. The maximum absolute atomic E-state index is 11.9. The Bertz CT molecular complexity index is 256. The maximum Gasteiger partial charge on any atom is 0.251 e. The van der Waals surface area contributed by atoms with Gasteiger partial charge < -0.3 is 15.1 Å². The molecule has 0 aliphatic heterocycles. The van der Waals surface area contributed by atoms with Crippen LogP contribution in [-0.4, -0.2) is 47.3 Å². The third-order valence-electron chi connectivity index (χ3n) is 3.68. The van der Waals surface area contributed by atoms with Crippen LogP contribution in [0.15, 0.2) is 0 Å².